The molecule has 3 heteroatoms. The summed E-state index contributed by atoms with van der Waals surface area (Å²) in [5, 5.41) is 5.62. The zero-order valence-electron chi connectivity index (χ0n) is 7.92. The summed E-state index contributed by atoms with van der Waals surface area (Å²) in [5.74, 6) is -0.0454. The fourth-order valence-corrected chi connectivity index (χ4v) is 1.12. The van der Waals surface area contributed by atoms with Gasteiger partial charge in [0.05, 0.1) is 0 Å². The van der Waals surface area contributed by atoms with Crippen molar-refractivity contribution < 1.29 is 4.79 Å². The van der Waals surface area contributed by atoms with Crippen LogP contribution in [0.2, 0.25) is 0 Å². The van der Waals surface area contributed by atoms with Crippen LogP contribution < -0.4 is 10.6 Å². The van der Waals surface area contributed by atoms with Crippen molar-refractivity contribution in [2.24, 2.45) is 0 Å². The second-order valence-corrected chi connectivity index (χ2v) is 2.81. The fourth-order valence-electron chi connectivity index (χ4n) is 1.12. The topological polar surface area (TPSA) is 41.1 Å². The summed E-state index contributed by atoms with van der Waals surface area (Å²) in [5.41, 5.74) is 1.87. The SMILES string of the molecule is CNCc1ccc(C(=O)NC)cc1. The van der Waals surface area contributed by atoms with Gasteiger partial charge in [0.2, 0.25) is 0 Å². The molecule has 0 spiro atoms. The summed E-state index contributed by atoms with van der Waals surface area (Å²) in [6.07, 6.45) is 0. The first-order valence-electron chi connectivity index (χ1n) is 4.23. The minimum Gasteiger partial charge on any atom is -0.355 e. The van der Waals surface area contributed by atoms with Crippen LogP contribution in [0.1, 0.15) is 15.9 Å². The molecule has 2 N–H and O–H groups in total. The molecule has 0 aliphatic heterocycles. The number of rotatable bonds is 3. The van der Waals surface area contributed by atoms with E-state index in [0.717, 1.165) is 6.54 Å². The first kappa shape index (κ1) is 9.74. The number of hydrogen-bond donors (Lipinski definition) is 2. The van der Waals surface area contributed by atoms with Gasteiger partial charge in [-0.15, -0.1) is 0 Å². The van der Waals surface area contributed by atoms with Gasteiger partial charge in [0.15, 0.2) is 0 Å². The molecule has 13 heavy (non-hydrogen) atoms. The summed E-state index contributed by atoms with van der Waals surface area (Å²) >= 11 is 0. The summed E-state index contributed by atoms with van der Waals surface area (Å²) in [7, 11) is 3.52. The van der Waals surface area contributed by atoms with Crippen molar-refractivity contribution in [1.29, 1.82) is 0 Å². The van der Waals surface area contributed by atoms with Gasteiger partial charge in [-0.1, -0.05) is 12.1 Å². The minimum absolute atomic E-state index is 0.0454. The van der Waals surface area contributed by atoms with Gasteiger partial charge in [-0.2, -0.15) is 0 Å². The van der Waals surface area contributed by atoms with E-state index in [2.05, 4.69) is 10.6 Å². The Labute approximate surface area is 78.2 Å². The van der Waals surface area contributed by atoms with Crippen LogP contribution in [-0.2, 0) is 6.54 Å². The van der Waals surface area contributed by atoms with E-state index >= 15 is 0 Å². The largest absolute Gasteiger partial charge is 0.355 e. The quantitative estimate of drug-likeness (QED) is 0.717. The van der Waals surface area contributed by atoms with Crippen molar-refractivity contribution in [2.45, 2.75) is 6.54 Å². The van der Waals surface area contributed by atoms with E-state index < -0.39 is 0 Å². The van der Waals surface area contributed by atoms with E-state index in [0.29, 0.717) is 5.56 Å². The number of benzene rings is 1. The van der Waals surface area contributed by atoms with Crippen LogP contribution in [0.25, 0.3) is 0 Å². The highest BCUT2D eigenvalue weighted by atomic mass is 16.1. The molecule has 0 radical (unpaired) electrons. The molecular formula is C10H14N2O. The molecule has 1 aromatic rings. The lowest BCUT2D eigenvalue weighted by molar-refractivity contribution is 0.0963. The van der Waals surface area contributed by atoms with Gasteiger partial charge in [-0.25, -0.2) is 0 Å². The standard InChI is InChI=1S/C10H14N2O/c1-11-7-8-3-5-9(6-4-8)10(13)12-2/h3-6,11H,7H2,1-2H3,(H,12,13). The molecule has 1 aromatic carbocycles. The predicted octanol–water partition coefficient (Wildman–Crippen LogP) is 0.766. The molecule has 0 heterocycles. The Bertz CT molecular complexity index is 279. The van der Waals surface area contributed by atoms with Gasteiger partial charge in [0, 0.05) is 19.2 Å². The van der Waals surface area contributed by atoms with E-state index in [-0.39, 0.29) is 5.91 Å². The average Bonchev–Trinajstić information content (AvgIpc) is 2.18. The fraction of sp³-hybridized carbons (Fsp3) is 0.300. The van der Waals surface area contributed by atoms with Gasteiger partial charge in [-0.3, -0.25) is 4.79 Å². The average molecular weight is 178 g/mol. The molecule has 0 aliphatic rings. The molecule has 0 saturated heterocycles. The van der Waals surface area contributed by atoms with E-state index in [1.54, 1.807) is 7.05 Å². The Kier molecular flexibility index (Phi) is 3.46. The Balaban J connectivity index is 2.75. The van der Waals surface area contributed by atoms with Crippen molar-refractivity contribution >= 4 is 5.91 Å². The Morgan fingerprint density at radius 2 is 1.85 bits per heavy atom. The number of nitrogens with one attached hydrogen (secondary N) is 2. The maximum Gasteiger partial charge on any atom is 0.251 e. The molecule has 0 fully saturated rings. The normalized spacial score (nSPS) is 9.69. The van der Waals surface area contributed by atoms with Crippen LogP contribution in [0.4, 0.5) is 0 Å². The van der Waals surface area contributed by atoms with E-state index in [1.807, 2.05) is 31.3 Å². The van der Waals surface area contributed by atoms with Crippen molar-refractivity contribution in [3.63, 3.8) is 0 Å². The van der Waals surface area contributed by atoms with Crippen molar-refractivity contribution in [2.75, 3.05) is 14.1 Å². The Morgan fingerprint density at radius 1 is 1.23 bits per heavy atom. The Hall–Kier alpha value is -1.35. The highest BCUT2D eigenvalue weighted by molar-refractivity contribution is 5.93. The van der Waals surface area contributed by atoms with E-state index in [4.69, 9.17) is 0 Å². The van der Waals surface area contributed by atoms with Crippen LogP contribution in [0.5, 0.6) is 0 Å². The third-order valence-corrected chi connectivity index (χ3v) is 1.82. The zero-order valence-corrected chi connectivity index (χ0v) is 7.92. The van der Waals surface area contributed by atoms with Crippen molar-refractivity contribution in [3.05, 3.63) is 35.4 Å². The second kappa shape index (κ2) is 4.62. The van der Waals surface area contributed by atoms with Crippen molar-refractivity contribution in [1.82, 2.24) is 10.6 Å². The number of carbonyl (C=O) groups excluding carboxylic acids is 1. The summed E-state index contributed by atoms with van der Waals surface area (Å²) in [4.78, 5) is 11.2. The lowest BCUT2D eigenvalue weighted by Crippen LogP contribution is -2.17. The first-order valence-corrected chi connectivity index (χ1v) is 4.23. The molecule has 1 rings (SSSR count). The molecule has 0 aliphatic carbocycles. The van der Waals surface area contributed by atoms with Crippen LogP contribution >= 0.6 is 0 Å². The maximum atomic E-state index is 11.2. The second-order valence-electron chi connectivity index (χ2n) is 2.81. The number of carbonyl (C=O) groups is 1. The lowest BCUT2D eigenvalue weighted by Gasteiger charge is -2.02. The highest BCUT2D eigenvalue weighted by Gasteiger charge is 2.00. The molecule has 0 unspecified atom stereocenters. The maximum absolute atomic E-state index is 11.2. The van der Waals surface area contributed by atoms with Gasteiger partial charge >= 0.3 is 0 Å². The summed E-state index contributed by atoms with van der Waals surface area (Å²) in [6, 6.07) is 7.54. The van der Waals surface area contributed by atoms with E-state index in [9.17, 15) is 4.79 Å². The third-order valence-electron chi connectivity index (χ3n) is 1.82. The van der Waals surface area contributed by atoms with Gasteiger partial charge in [0.1, 0.15) is 0 Å². The van der Waals surface area contributed by atoms with Gasteiger partial charge in [-0.05, 0) is 24.7 Å². The predicted molar refractivity (Wildman–Crippen MR) is 52.6 cm³/mol. The summed E-state index contributed by atoms with van der Waals surface area (Å²) < 4.78 is 0. The van der Waals surface area contributed by atoms with Crippen LogP contribution in [0.15, 0.2) is 24.3 Å². The monoisotopic (exact) mass is 178 g/mol. The molecule has 3 nitrogen and oxygen atoms in total. The molecule has 0 saturated carbocycles. The number of hydrogen-bond acceptors (Lipinski definition) is 2. The lowest BCUT2D eigenvalue weighted by atomic mass is 10.1. The summed E-state index contributed by atoms with van der Waals surface area (Å²) in [6.45, 7) is 0.827. The molecule has 70 valence electrons. The molecule has 0 bridgehead atoms. The first-order chi connectivity index (χ1) is 6.27. The molecule has 0 aromatic heterocycles. The van der Waals surface area contributed by atoms with Crippen LogP contribution in [0, 0.1) is 0 Å². The third kappa shape index (κ3) is 2.56. The van der Waals surface area contributed by atoms with Crippen molar-refractivity contribution in [3.8, 4) is 0 Å². The van der Waals surface area contributed by atoms with Gasteiger partial charge < -0.3 is 10.6 Å². The molecule has 0 atom stereocenters. The highest BCUT2D eigenvalue weighted by Crippen LogP contribution is 2.03. The van der Waals surface area contributed by atoms with Crippen LogP contribution in [-0.4, -0.2) is 20.0 Å². The molecular weight excluding hydrogens is 164 g/mol. The van der Waals surface area contributed by atoms with Crippen LogP contribution in [0.3, 0.4) is 0 Å². The molecule has 1 amide bonds. The Morgan fingerprint density at radius 3 is 2.31 bits per heavy atom. The zero-order chi connectivity index (χ0) is 9.68. The smallest absolute Gasteiger partial charge is 0.251 e. The minimum atomic E-state index is -0.0454. The van der Waals surface area contributed by atoms with Gasteiger partial charge in [0.25, 0.3) is 5.91 Å². The number of amides is 1. The van der Waals surface area contributed by atoms with E-state index in [1.165, 1.54) is 5.56 Å².